The Kier molecular flexibility index (Phi) is 7.62. The second kappa shape index (κ2) is 10.6. The lowest BCUT2D eigenvalue weighted by Crippen LogP contribution is -2.63. The van der Waals surface area contributed by atoms with E-state index in [2.05, 4.69) is 13.8 Å². The molecule has 0 spiro atoms. The lowest BCUT2D eigenvalue weighted by Gasteiger charge is -2.64. The number of hydrogen-bond donors (Lipinski definition) is 2. The number of methoxy groups -OCH3 is 1. The molecule has 230 valence electrons. The van der Waals surface area contributed by atoms with Gasteiger partial charge >= 0.3 is 11.9 Å². The van der Waals surface area contributed by atoms with E-state index in [4.69, 9.17) is 23.7 Å². The van der Waals surface area contributed by atoms with Crippen molar-refractivity contribution in [1.29, 1.82) is 0 Å². The summed E-state index contributed by atoms with van der Waals surface area (Å²) in [5, 5.41) is 23.1. The topological polar surface area (TPSA) is 121 Å². The molecule has 41 heavy (non-hydrogen) atoms. The van der Waals surface area contributed by atoms with Crippen molar-refractivity contribution in [3.63, 3.8) is 0 Å². The van der Waals surface area contributed by atoms with Crippen LogP contribution in [0.15, 0.2) is 11.6 Å². The summed E-state index contributed by atoms with van der Waals surface area (Å²) in [7, 11) is 1.50. The van der Waals surface area contributed by atoms with Crippen molar-refractivity contribution in [2.75, 3.05) is 13.7 Å². The minimum atomic E-state index is -0.926. The van der Waals surface area contributed by atoms with Gasteiger partial charge in [0.1, 0.15) is 18.8 Å². The van der Waals surface area contributed by atoms with Crippen molar-refractivity contribution >= 4 is 11.9 Å². The first-order valence-electron chi connectivity index (χ1n) is 15.7. The minimum absolute atomic E-state index is 0.0488. The Bertz CT molecular complexity index is 1080. The van der Waals surface area contributed by atoms with Gasteiger partial charge < -0.3 is 33.9 Å². The number of ether oxygens (including phenoxy) is 5. The summed E-state index contributed by atoms with van der Waals surface area (Å²) >= 11 is 0. The fraction of sp³-hybridized carbons (Fsp3) is 0.875. The second-order valence-electron chi connectivity index (χ2n) is 14.3. The fourth-order valence-corrected chi connectivity index (χ4v) is 10.4. The van der Waals surface area contributed by atoms with Gasteiger partial charge in [-0.1, -0.05) is 13.8 Å². The third-order valence-electron chi connectivity index (χ3n) is 12.6. The molecule has 6 rings (SSSR count). The van der Waals surface area contributed by atoms with Crippen LogP contribution in [0.25, 0.3) is 0 Å². The Labute approximate surface area is 243 Å². The van der Waals surface area contributed by atoms with Gasteiger partial charge in [0, 0.05) is 25.5 Å². The van der Waals surface area contributed by atoms with Crippen LogP contribution >= 0.6 is 0 Å². The molecular weight excluding hydrogens is 528 g/mol. The summed E-state index contributed by atoms with van der Waals surface area (Å²) in [6, 6.07) is 0. The molecular formula is C32H48O9. The molecule has 2 aliphatic heterocycles. The van der Waals surface area contributed by atoms with Gasteiger partial charge in [-0.2, -0.15) is 0 Å². The molecule has 1 saturated heterocycles. The van der Waals surface area contributed by atoms with E-state index in [1.165, 1.54) is 14.0 Å². The summed E-state index contributed by atoms with van der Waals surface area (Å²) in [5.74, 6) is 0.650. The van der Waals surface area contributed by atoms with Crippen LogP contribution in [0.5, 0.6) is 0 Å². The van der Waals surface area contributed by atoms with Crippen molar-refractivity contribution < 1.29 is 43.5 Å². The van der Waals surface area contributed by atoms with Crippen molar-refractivity contribution in [2.45, 2.75) is 128 Å². The molecule has 4 saturated carbocycles. The number of carbonyl (C=O) groups excluding carboxylic acids is 2. The molecule has 0 bridgehead atoms. The molecule has 0 aromatic rings. The number of aliphatic hydroxyl groups excluding tert-OH is 1. The van der Waals surface area contributed by atoms with Crippen LogP contribution in [-0.4, -0.2) is 78.3 Å². The fourth-order valence-electron chi connectivity index (χ4n) is 10.4. The van der Waals surface area contributed by atoms with Crippen LogP contribution in [0.2, 0.25) is 0 Å². The molecule has 9 nitrogen and oxygen atoms in total. The quantitative estimate of drug-likeness (QED) is 0.373. The van der Waals surface area contributed by atoms with Crippen molar-refractivity contribution in [2.24, 2.45) is 34.5 Å². The molecule has 0 aromatic carbocycles. The van der Waals surface area contributed by atoms with Gasteiger partial charge in [-0.25, -0.2) is 4.79 Å². The Morgan fingerprint density at radius 1 is 1.05 bits per heavy atom. The van der Waals surface area contributed by atoms with Crippen molar-refractivity contribution in [3.8, 4) is 0 Å². The standard InChI is InChI=1S/C32H48O9/c1-17-26(35)27(37-5)28(40-18(2)33)29(39-17)41-21-8-11-30(3)20(15-21)6-7-24-23(30)9-12-31(4)22(10-13-32(24,31)36)19-14-25(34)38-16-19/h14,17,20-24,26-29,35-36H,6-13,15-16H2,1-5H3/t17-,20+,21+,22+,23-,24+,26-,27-,28+,29-,30-,31+,32+/m0/s1. The first-order chi connectivity index (χ1) is 19.4. The Hall–Kier alpha value is -1.52. The summed E-state index contributed by atoms with van der Waals surface area (Å²) in [4.78, 5) is 23.7. The van der Waals surface area contributed by atoms with E-state index >= 15 is 0 Å². The molecule has 0 aromatic heterocycles. The Balaban J connectivity index is 1.16. The maximum Gasteiger partial charge on any atom is 0.331 e. The van der Waals surface area contributed by atoms with E-state index in [0.29, 0.717) is 18.4 Å². The third-order valence-corrected chi connectivity index (χ3v) is 12.6. The summed E-state index contributed by atoms with van der Waals surface area (Å²) in [5.41, 5.74) is 0.221. The monoisotopic (exact) mass is 576 g/mol. The zero-order valence-corrected chi connectivity index (χ0v) is 25.2. The lowest BCUT2D eigenvalue weighted by molar-refractivity contribution is -0.315. The molecule has 6 aliphatic rings. The molecule has 2 heterocycles. The highest BCUT2D eigenvalue weighted by Crippen LogP contribution is 2.70. The smallest absolute Gasteiger partial charge is 0.331 e. The second-order valence-corrected chi connectivity index (χ2v) is 14.3. The summed E-state index contributed by atoms with van der Waals surface area (Å²) in [6.45, 7) is 8.19. The van der Waals surface area contributed by atoms with E-state index in [9.17, 15) is 19.8 Å². The highest BCUT2D eigenvalue weighted by atomic mass is 16.7. The predicted molar refractivity (Wildman–Crippen MR) is 147 cm³/mol. The maximum absolute atomic E-state index is 12.5. The van der Waals surface area contributed by atoms with Crippen LogP contribution in [-0.2, 0) is 33.3 Å². The highest BCUT2D eigenvalue weighted by molar-refractivity contribution is 5.85. The Morgan fingerprint density at radius 3 is 2.51 bits per heavy atom. The number of hydrogen-bond acceptors (Lipinski definition) is 9. The molecule has 2 N–H and O–H groups in total. The summed E-state index contributed by atoms with van der Waals surface area (Å²) < 4.78 is 28.9. The van der Waals surface area contributed by atoms with Crippen molar-refractivity contribution in [3.05, 3.63) is 11.6 Å². The zero-order chi connectivity index (χ0) is 29.3. The van der Waals surface area contributed by atoms with Gasteiger partial charge in [0.05, 0.1) is 17.8 Å². The number of esters is 2. The number of carbonyl (C=O) groups is 2. The molecule has 4 aliphatic carbocycles. The minimum Gasteiger partial charge on any atom is -0.458 e. The highest BCUT2D eigenvalue weighted by Gasteiger charge is 2.67. The van der Waals surface area contributed by atoms with E-state index in [-0.39, 0.29) is 34.7 Å². The number of rotatable bonds is 5. The average molecular weight is 577 g/mol. The van der Waals surface area contributed by atoms with E-state index in [1.807, 2.05) is 0 Å². The van der Waals surface area contributed by atoms with Gasteiger partial charge in [0.2, 0.25) is 0 Å². The van der Waals surface area contributed by atoms with Gasteiger partial charge in [-0.05, 0) is 99.4 Å². The molecule has 9 heteroatoms. The molecule has 0 unspecified atom stereocenters. The zero-order valence-electron chi connectivity index (χ0n) is 25.2. The van der Waals surface area contributed by atoms with Crippen LogP contribution in [0.4, 0.5) is 0 Å². The SMILES string of the molecule is CO[C@H]1[C@@H](O)[C@H](C)O[C@@H](O[C@@H]2CC[C@@]3(C)[C@H](CC[C@@H]4[C@@H]3CC[C@]3(C)[C@@H](C5=CC(=O)OC5)CC[C@@]43O)C2)[C@@H]1OC(C)=O. The maximum atomic E-state index is 12.5. The average Bonchev–Trinajstić information content (AvgIpc) is 3.46. The van der Waals surface area contributed by atoms with Gasteiger partial charge in [-0.15, -0.1) is 0 Å². The first kappa shape index (κ1) is 29.5. The van der Waals surface area contributed by atoms with Crippen LogP contribution in [0, 0.1) is 34.5 Å². The van der Waals surface area contributed by atoms with Gasteiger partial charge in [0.25, 0.3) is 0 Å². The first-order valence-corrected chi connectivity index (χ1v) is 15.7. The van der Waals surface area contributed by atoms with Gasteiger partial charge in [0.15, 0.2) is 12.4 Å². The van der Waals surface area contributed by atoms with E-state index in [0.717, 1.165) is 63.4 Å². The molecule has 5 fully saturated rings. The number of aliphatic hydroxyl groups is 2. The number of cyclic esters (lactones) is 1. The normalized spacial score (nSPS) is 51.2. The molecule has 13 atom stereocenters. The molecule has 0 amide bonds. The largest absolute Gasteiger partial charge is 0.458 e. The number of fused-ring (bicyclic) bond motifs is 5. The van der Waals surface area contributed by atoms with Crippen molar-refractivity contribution in [1.82, 2.24) is 0 Å². The van der Waals surface area contributed by atoms with E-state index < -0.39 is 42.3 Å². The predicted octanol–water partition coefficient (Wildman–Crippen LogP) is 3.68. The third kappa shape index (κ3) is 4.60. The van der Waals surface area contributed by atoms with Gasteiger partial charge in [-0.3, -0.25) is 4.79 Å². The summed E-state index contributed by atoms with van der Waals surface area (Å²) in [6.07, 6.45) is 6.35. The van der Waals surface area contributed by atoms with Crippen LogP contribution < -0.4 is 0 Å². The molecule has 0 radical (unpaired) electrons. The Morgan fingerprint density at radius 2 is 1.83 bits per heavy atom. The van der Waals surface area contributed by atoms with Crippen LogP contribution in [0.3, 0.4) is 0 Å². The van der Waals surface area contributed by atoms with Crippen LogP contribution in [0.1, 0.15) is 85.5 Å². The van der Waals surface area contributed by atoms with E-state index in [1.54, 1.807) is 13.0 Å². The lowest BCUT2D eigenvalue weighted by atomic mass is 9.43.